The van der Waals surface area contributed by atoms with Gasteiger partial charge in [-0.15, -0.1) is 5.10 Å². The van der Waals surface area contributed by atoms with E-state index in [1.165, 1.54) is 11.8 Å². The summed E-state index contributed by atoms with van der Waals surface area (Å²) in [6, 6.07) is 25.4. The minimum absolute atomic E-state index is 0.157. The fourth-order valence-corrected chi connectivity index (χ4v) is 5.31. The van der Waals surface area contributed by atoms with Crippen molar-refractivity contribution >= 4 is 21.8 Å². The van der Waals surface area contributed by atoms with E-state index >= 15 is 0 Å². The van der Waals surface area contributed by atoms with Crippen LogP contribution in [0.15, 0.2) is 95.0 Å². The van der Waals surface area contributed by atoms with E-state index in [1.54, 1.807) is 42.1 Å². The van der Waals surface area contributed by atoms with Gasteiger partial charge in [-0.3, -0.25) is 0 Å². The molecule has 0 aliphatic rings. The first-order chi connectivity index (χ1) is 15.6. The van der Waals surface area contributed by atoms with Crippen LogP contribution in [-0.4, -0.2) is 42.3 Å². The number of hydrogen-bond acceptors (Lipinski definition) is 7. The Kier molecular flexibility index (Phi) is 6.84. The zero-order valence-corrected chi connectivity index (χ0v) is 18.8. The third kappa shape index (κ3) is 4.98. The molecular weight excluding hydrogens is 446 g/mol. The summed E-state index contributed by atoms with van der Waals surface area (Å²) in [6.45, 7) is 0.157. The quantitative estimate of drug-likeness (QED) is 0.376. The Morgan fingerprint density at radius 3 is 2.34 bits per heavy atom. The topological polar surface area (TPSA) is 99.0 Å². The third-order valence-corrected chi connectivity index (χ3v) is 7.31. The van der Waals surface area contributed by atoms with Crippen molar-refractivity contribution in [2.24, 2.45) is 0 Å². The predicted octanol–water partition coefficient (Wildman–Crippen LogP) is 3.48. The molecule has 0 fully saturated rings. The second kappa shape index (κ2) is 9.94. The summed E-state index contributed by atoms with van der Waals surface area (Å²) in [5.41, 5.74) is 1.64. The lowest BCUT2D eigenvalue weighted by molar-refractivity contribution is 0.410. The van der Waals surface area contributed by atoms with Crippen LogP contribution in [0.2, 0.25) is 0 Å². The molecule has 0 spiro atoms. The molecule has 0 saturated heterocycles. The molecule has 3 aromatic carbocycles. The molecule has 0 amide bonds. The number of hydrogen-bond donors (Lipinski definition) is 1. The zero-order valence-electron chi connectivity index (χ0n) is 17.2. The zero-order chi connectivity index (χ0) is 22.4. The molecule has 0 radical (unpaired) electrons. The van der Waals surface area contributed by atoms with Gasteiger partial charge in [0.15, 0.2) is 0 Å². The molecule has 164 valence electrons. The maximum absolute atomic E-state index is 12.8. The second-order valence-electron chi connectivity index (χ2n) is 6.73. The lowest BCUT2D eigenvalue weighted by Crippen LogP contribution is -2.27. The lowest BCUT2D eigenvalue weighted by atomic mass is 10.1. The Bertz CT molecular complexity index is 1260. The van der Waals surface area contributed by atoms with Crippen LogP contribution in [0, 0.1) is 0 Å². The minimum Gasteiger partial charge on any atom is -0.494 e. The first-order valence-electron chi connectivity index (χ1n) is 9.76. The van der Waals surface area contributed by atoms with Crippen molar-refractivity contribution < 1.29 is 13.2 Å². The van der Waals surface area contributed by atoms with Crippen molar-refractivity contribution in [1.82, 2.24) is 24.9 Å². The summed E-state index contributed by atoms with van der Waals surface area (Å²) in [4.78, 5) is 0.218. The van der Waals surface area contributed by atoms with Gasteiger partial charge in [-0.2, -0.15) is 4.68 Å². The molecule has 0 aliphatic carbocycles. The van der Waals surface area contributed by atoms with Gasteiger partial charge in [0.25, 0.3) is 0 Å². The molecule has 8 nitrogen and oxygen atoms in total. The molecular formula is C22H21N5O3S2. The number of methoxy groups -OCH3 is 1. The van der Waals surface area contributed by atoms with E-state index in [-0.39, 0.29) is 16.7 Å². The van der Waals surface area contributed by atoms with E-state index in [2.05, 4.69) is 20.2 Å². The Balaban J connectivity index is 1.62. The van der Waals surface area contributed by atoms with Gasteiger partial charge < -0.3 is 4.74 Å². The van der Waals surface area contributed by atoms with Crippen molar-refractivity contribution in [3.05, 3.63) is 90.5 Å². The highest BCUT2D eigenvalue weighted by atomic mass is 32.2. The number of para-hydroxylation sites is 2. The predicted molar refractivity (Wildman–Crippen MR) is 122 cm³/mol. The number of rotatable bonds is 9. The van der Waals surface area contributed by atoms with Crippen LogP contribution in [0.4, 0.5) is 0 Å². The maximum Gasteiger partial charge on any atom is 0.240 e. The van der Waals surface area contributed by atoms with Crippen LogP contribution in [0.5, 0.6) is 5.75 Å². The van der Waals surface area contributed by atoms with Crippen molar-refractivity contribution in [3.63, 3.8) is 0 Å². The fourth-order valence-electron chi connectivity index (χ4n) is 3.10. The highest BCUT2D eigenvalue weighted by molar-refractivity contribution is 7.99. The van der Waals surface area contributed by atoms with Crippen LogP contribution in [-0.2, 0) is 10.0 Å². The van der Waals surface area contributed by atoms with Crippen molar-refractivity contribution in [2.75, 3.05) is 13.7 Å². The van der Waals surface area contributed by atoms with Crippen molar-refractivity contribution in [2.45, 2.75) is 15.3 Å². The second-order valence-corrected chi connectivity index (χ2v) is 9.66. The normalized spacial score (nSPS) is 12.4. The van der Waals surface area contributed by atoms with Crippen LogP contribution >= 0.6 is 11.8 Å². The molecule has 1 atom stereocenters. The van der Waals surface area contributed by atoms with E-state index in [4.69, 9.17) is 4.74 Å². The molecule has 0 saturated carbocycles. The minimum atomic E-state index is -3.66. The molecule has 10 heteroatoms. The van der Waals surface area contributed by atoms with Gasteiger partial charge in [0, 0.05) is 6.54 Å². The number of thioether (sulfide) groups is 1. The largest absolute Gasteiger partial charge is 0.494 e. The van der Waals surface area contributed by atoms with Gasteiger partial charge in [-0.1, -0.05) is 72.4 Å². The van der Waals surface area contributed by atoms with Crippen LogP contribution < -0.4 is 9.46 Å². The molecule has 0 unspecified atom stereocenters. The highest BCUT2D eigenvalue weighted by Crippen LogP contribution is 2.35. The summed E-state index contributed by atoms with van der Waals surface area (Å²) in [7, 11) is -2.07. The van der Waals surface area contributed by atoms with E-state index in [1.807, 2.05) is 54.6 Å². The maximum atomic E-state index is 12.8. The smallest absolute Gasteiger partial charge is 0.240 e. The van der Waals surface area contributed by atoms with Crippen LogP contribution in [0.25, 0.3) is 5.69 Å². The molecule has 4 rings (SSSR count). The van der Waals surface area contributed by atoms with Crippen LogP contribution in [0.3, 0.4) is 0 Å². The van der Waals surface area contributed by atoms with E-state index in [9.17, 15) is 8.42 Å². The van der Waals surface area contributed by atoms with Crippen molar-refractivity contribution in [1.29, 1.82) is 0 Å². The van der Waals surface area contributed by atoms with Gasteiger partial charge in [0.05, 0.1) is 17.3 Å². The van der Waals surface area contributed by atoms with Gasteiger partial charge >= 0.3 is 0 Å². The van der Waals surface area contributed by atoms with Gasteiger partial charge in [-0.05, 0) is 40.3 Å². The Morgan fingerprint density at radius 2 is 1.62 bits per heavy atom. The Labute approximate surface area is 190 Å². The molecule has 0 aliphatic heterocycles. The summed E-state index contributed by atoms with van der Waals surface area (Å²) in [5, 5.41) is 12.4. The molecule has 1 heterocycles. The first-order valence-corrected chi connectivity index (χ1v) is 12.1. The SMILES string of the molecule is COc1ccccc1-n1nnnc1S[C@H](CNS(=O)(=O)c1ccccc1)c1ccccc1. The van der Waals surface area contributed by atoms with E-state index in [0.717, 1.165) is 5.56 Å². The van der Waals surface area contributed by atoms with E-state index in [0.29, 0.717) is 16.6 Å². The summed E-state index contributed by atoms with van der Waals surface area (Å²) in [5.74, 6) is 0.627. The standard InChI is InChI=1S/C22H21N5O3S2/c1-30-20-15-9-8-14-19(20)27-22(24-25-26-27)31-21(17-10-4-2-5-11-17)16-23-32(28,29)18-12-6-3-7-13-18/h2-15,21,23H,16H2,1H3/t21-/m1/s1. The molecule has 32 heavy (non-hydrogen) atoms. The summed E-state index contributed by atoms with van der Waals surface area (Å²) >= 11 is 1.37. The Hall–Kier alpha value is -3.21. The van der Waals surface area contributed by atoms with E-state index < -0.39 is 10.0 Å². The van der Waals surface area contributed by atoms with Gasteiger partial charge in [0.2, 0.25) is 15.2 Å². The number of tetrazole rings is 1. The van der Waals surface area contributed by atoms with Crippen LogP contribution in [0.1, 0.15) is 10.8 Å². The molecule has 1 aromatic heterocycles. The summed E-state index contributed by atoms with van der Waals surface area (Å²) in [6.07, 6.45) is 0. The number of nitrogens with one attached hydrogen (secondary N) is 1. The number of aromatic nitrogens is 4. The molecule has 1 N–H and O–H groups in total. The average molecular weight is 468 g/mol. The monoisotopic (exact) mass is 467 g/mol. The number of sulfonamides is 1. The van der Waals surface area contributed by atoms with Gasteiger partial charge in [0.1, 0.15) is 11.4 Å². The number of nitrogens with zero attached hydrogens (tertiary/aromatic N) is 4. The summed E-state index contributed by atoms with van der Waals surface area (Å²) < 4.78 is 35.3. The van der Waals surface area contributed by atoms with Crippen molar-refractivity contribution in [3.8, 4) is 11.4 Å². The first kappa shape index (κ1) is 22.0. The number of ether oxygens (including phenoxy) is 1. The highest BCUT2D eigenvalue weighted by Gasteiger charge is 2.22. The Morgan fingerprint density at radius 1 is 0.969 bits per heavy atom. The number of benzene rings is 3. The van der Waals surface area contributed by atoms with Gasteiger partial charge in [-0.25, -0.2) is 13.1 Å². The third-order valence-electron chi connectivity index (χ3n) is 4.69. The molecule has 4 aromatic rings. The fraction of sp³-hybridized carbons (Fsp3) is 0.136. The average Bonchev–Trinajstić information content (AvgIpc) is 3.31. The lowest BCUT2D eigenvalue weighted by Gasteiger charge is -2.18. The molecule has 0 bridgehead atoms.